The van der Waals surface area contributed by atoms with Crippen LogP contribution in [0.2, 0.25) is 0 Å². The zero-order valence-corrected chi connectivity index (χ0v) is 13.8. The van der Waals surface area contributed by atoms with Crippen LogP contribution in [0.25, 0.3) is 0 Å². The normalized spacial score (nSPS) is 19.8. The lowest BCUT2D eigenvalue weighted by Gasteiger charge is -2.20. The van der Waals surface area contributed by atoms with Crippen molar-refractivity contribution in [3.8, 4) is 0 Å². The number of hydrogen-bond acceptors (Lipinski definition) is 4. The molecule has 1 amide bonds. The summed E-state index contributed by atoms with van der Waals surface area (Å²) in [6.45, 7) is 6.15. The molecular weight excluding hydrogens is 311 g/mol. The molecule has 0 radical (unpaired) electrons. The highest BCUT2D eigenvalue weighted by Gasteiger charge is 2.42. The molecule has 0 unspecified atom stereocenters. The Morgan fingerprint density at radius 2 is 2.12 bits per heavy atom. The number of carbonyl (C=O) groups excluding carboxylic acids is 1. The van der Waals surface area contributed by atoms with Gasteiger partial charge in [-0.15, -0.1) is 0 Å². The average Bonchev–Trinajstić information content (AvgIpc) is 3.12. The van der Waals surface area contributed by atoms with Gasteiger partial charge in [-0.2, -0.15) is 5.10 Å². The Kier molecular flexibility index (Phi) is 4.09. The predicted molar refractivity (Wildman–Crippen MR) is 88.3 cm³/mol. The number of carbonyl (C=O) groups is 1. The molecule has 2 heterocycles. The molecule has 2 aromatic rings. The highest BCUT2D eigenvalue weighted by molar-refractivity contribution is 6.07. The number of halogens is 1. The zero-order chi connectivity index (χ0) is 17.3. The van der Waals surface area contributed by atoms with Crippen molar-refractivity contribution >= 4 is 17.4 Å². The van der Waals surface area contributed by atoms with Crippen molar-refractivity contribution in [1.29, 1.82) is 0 Å². The van der Waals surface area contributed by atoms with Gasteiger partial charge in [0.2, 0.25) is 5.60 Å². The topological polar surface area (TPSA) is 68.5 Å². The number of aromatic nitrogens is 2. The summed E-state index contributed by atoms with van der Waals surface area (Å²) in [5.41, 5.74) is 1.07. The van der Waals surface area contributed by atoms with Gasteiger partial charge < -0.3 is 10.2 Å². The summed E-state index contributed by atoms with van der Waals surface area (Å²) in [6.07, 6.45) is 0.309. The highest BCUT2D eigenvalue weighted by Crippen LogP contribution is 2.28. The number of amides is 1. The van der Waals surface area contributed by atoms with Crippen molar-refractivity contribution in [1.82, 2.24) is 9.78 Å². The van der Waals surface area contributed by atoms with E-state index in [9.17, 15) is 9.18 Å². The summed E-state index contributed by atoms with van der Waals surface area (Å²) in [5, 5.41) is 11.2. The molecule has 126 valence electrons. The van der Waals surface area contributed by atoms with Crippen LogP contribution in [0.15, 0.2) is 35.5 Å². The fourth-order valence-corrected chi connectivity index (χ4v) is 2.59. The van der Waals surface area contributed by atoms with Crippen LogP contribution in [0.4, 0.5) is 10.2 Å². The van der Waals surface area contributed by atoms with E-state index >= 15 is 0 Å². The van der Waals surface area contributed by atoms with Crippen LogP contribution in [0.5, 0.6) is 0 Å². The van der Waals surface area contributed by atoms with Gasteiger partial charge in [-0.05, 0) is 38.5 Å². The number of aryl methyl sites for hydroxylation is 2. The average molecular weight is 330 g/mol. The molecule has 1 N–H and O–H groups in total. The Balaban J connectivity index is 1.73. The SMILES string of the molecule is CCn1nc(C)cc1NC(=O)[C@]1(C)CC(c2ccc(F)cc2)=NO1. The molecule has 7 heteroatoms. The van der Waals surface area contributed by atoms with E-state index in [0.717, 1.165) is 11.3 Å². The van der Waals surface area contributed by atoms with Gasteiger partial charge in [0.05, 0.1) is 11.4 Å². The summed E-state index contributed by atoms with van der Waals surface area (Å²) in [4.78, 5) is 18.0. The molecule has 1 aliphatic rings. The lowest BCUT2D eigenvalue weighted by Crippen LogP contribution is -2.40. The number of nitrogens with one attached hydrogen (secondary N) is 1. The van der Waals surface area contributed by atoms with Crippen LogP contribution < -0.4 is 5.32 Å². The lowest BCUT2D eigenvalue weighted by molar-refractivity contribution is -0.136. The van der Waals surface area contributed by atoms with Gasteiger partial charge in [0.15, 0.2) is 0 Å². The molecule has 0 saturated carbocycles. The van der Waals surface area contributed by atoms with E-state index < -0.39 is 5.60 Å². The minimum Gasteiger partial charge on any atom is -0.379 e. The second kappa shape index (κ2) is 6.07. The second-order valence-electron chi connectivity index (χ2n) is 5.98. The molecule has 0 saturated heterocycles. The van der Waals surface area contributed by atoms with E-state index in [-0.39, 0.29) is 11.7 Å². The third kappa shape index (κ3) is 3.02. The van der Waals surface area contributed by atoms with E-state index in [1.54, 1.807) is 29.8 Å². The summed E-state index contributed by atoms with van der Waals surface area (Å²) in [7, 11) is 0. The number of nitrogens with zero attached hydrogens (tertiary/aromatic N) is 3. The number of benzene rings is 1. The molecule has 3 rings (SSSR count). The Morgan fingerprint density at radius 3 is 2.79 bits per heavy atom. The Bertz CT molecular complexity index is 797. The van der Waals surface area contributed by atoms with E-state index in [4.69, 9.17) is 4.84 Å². The molecule has 0 fully saturated rings. The summed E-state index contributed by atoms with van der Waals surface area (Å²) >= 11 is 0. The smallest absolute Gasteiger partial charge is 0.272 e. The molecule has 24 heavy (non-hydrogen) atoms. The maximum atomic E-state index is 13.0. The lowest BCUT2D eigenvalue weighted by atomic mass is 9.95. The molecule has 1 aliphatic heterocycles. The van der Waals surface area contributed by atoms with Crippen LogP contribution in [-0.2, 0) is 16.2 Å². The first-order valence-electron chi connectivity index (χ1n) is 7.78. The molecule has 6 nitrogen and oxygen atoms in total. The van der Waals surface area contributed by atoms with E-state index in [1.807, 2.05) is 13.8 Å². The number of anilines is 1. The van der Waals surface area contributed by atoms with E-state index in [2.05, 4.69) is 15.6 Å². The fraction of sp³-hybridized carbons (Fsp3) is 0.353. The van der Waals surface area contributed by atoms with Gasteiger partial charge in [-0.1, -0.05) is 17.3 Å². The predicted octanol–water partition coefficient (Wildman–Crippen LogP) is 2.87. The van der Waals surface area contributed by atoms with Crippen molar-refractivity contribution in [3.63, 3.8) is 0 Å². The van der Waals surface area contributed by atoms with Gasteiger partial charge in [0, 0.05) is 19.0 Å². The Morgan fingerprint density at radius 1 is 1.42 bits per heavy atom. The summed E-state index contributed by atoms with van der Waals surface area (Å²) in [6, 6.07) is 7.77. The van der Waals surface area contributed by atoms with Crippen LogP contribution in [0, 0.1) is 12.7 Å². The third-order valence-electron chi connectivity index (χ3n) is 3.96. The maximum absolute atomic E-state index is 13.0. The first kappa shape index (κ1) is 16.2. The molecule has 1 atom stereocenters. The largest absolute Gasteiger partial charge is 0.379 e. The molecule has 1 aromatic carbocycles. The minimum atomic E-state index is -1.11. The van der Waals surface area contributed by atoms with Crippen LogP contribution >= 0.6 is 0 Å². The fourth-order valence-electron chi connectivity index (χ4n) is 2.59. The van der Waals surface area contributed by atoms with Crippen molar-refractivity contribution in [3.05, 3.63) is 47.4 Å². The highest BCUT2D eigenvalue weighted by atomic mass is 19.1. The maximum Gasteiger partial charge on any atom is 0.272 e. The van der Waals surface area contributed by atoms with E-state index in [1.165, 1.54) is 12.1 Å². The zero-order valence-electron chi connectivity index (χ0n) is 13.8. The van der Waals surface area contributed by atoms with Crippen molar-refractivity contribution in [2.45, 2.75) is 39.3 Å². The van der Waals surface area contributed by atoms with Gasteiger partial charge in [-0.25, -0.2) is 9.07 Å². The second-order valence-corrected chi connectivity index (χ2v) is 5.98. The van der Waals surface area contributed by atoms with Crippen molar-refractivity contribution < 1.29 is 14.0 Å². The van der Waals surface area contributed by atoms with E-state index in [0.29, 0.717) is 24.5 Å². The van der Waals surface area contributed by atoms with Crippen LogP contribution in [0.1, 0.15) is 31.5 Å². The number of hydrogen-bond donors (Lipinski definition) is 1. The Hall–Kier alpha value is -2.70. The van der Waals surface area contributed by atoms with Gasteiger partial charge in [0.25, 0.3) is 5.91 Å². The monoisotopic (exact) mass is 330 g/mol. The van der Waals surface area contributed by atoms with Crippen LogP contribution in [-0.4, -0.2) is 27.0 Å². The van der Waals surface area contributed by atoms with Crippen molar-refractivity contribution in [2.75, 3.05) is 5.32 Å². The number of rotatable bonds is 4. The van der Waals surface area contributed by atoms with Crippen molar-refractivity contribution in [2.24, 2.45) is 5.16 Å². The van der Waals surface area contributed by atoms with Gasteiger partial charge >= 0.3 is 0 Å². The third-order valence-corrected chi connectivity index (χ3v) is 3.96. The quantitative estimate of drug-likeness (QED) is 0.937. The molecule has 0 bridgehead atoms. The van der Waals surface area contributed by atoms with Gasteiger partial charge in [-0.3, -0.25) is 4.79 Å². The first-order chi connectivity index (χ1) is 11.4. The molecule has 0 aliphatic carbocycles. The molecule has 1 aromatic heterocycles. The van der Waals surface area contributed by atoms with Crippen LogP contribution in [0.3, 0.4) is 0 Å². The Labute approximate surface area is 139 Å². The summed E-state index contributed by atoms with van der Waals surface area (Å²) < 4.78 is 14.7. The summed E-state index contributed by atoms with van der Waals surface area (Å²) in [5.74, 6) is 0.0139. The minimum absolute atomic E-state index is 0.294. The van der Waals surface area contributed by atoms with Gasteiger partial charge in [0.1, 0.15) is 11.6 Å². The first-order valence-corrected chi connectivity index (χ1v) is 7.78. The molecular formula is C17H19FN4O2. The molecule has 0 spiro atoms. The standard InChI is InChI=1S/C17H19FN4O2/c1-4-22-15(9-11(2)20-22)19-16(23)17(3)10-14(21-24-17)12-5-7-13(18)8-6-12/h5-9H,4,10H2,1-3H3,(H,19,23)/t17-/m0/s1. The number of oxime groups is 1.